The second-order valence-electron chi connectivity index (χ2n) is 4.32. The molecule has 0 aliphatic rings. The van der Waals surface area contributed by atoms with Gasteiger partial charge in [0.05, 0.1) is 6.61 Å². The van der Waals surface area contributed by atoms with Crippen LogP contribution < -0.4 is 5.32 Å². The molecule has 1 rings (SSSR count). The first-order valence-corrected chi connectivity index (χ1v) is 6.27. The number of hydrogen-bond donors (Lipinski definition) is 2. The number of halogens is 1. The van der Waals surface area contributed by atoms with Crippen LogP contribution in [0.1, 0.15) is 13.3 Å². The molecule has 4 nitrogen and oxygen atoms in total. The standard InChI is InChI=1S/C13H19ClN2O2/c1-10(9-17)16(2)7-6-13(18)15-12-5-3-4-11(14)8-12/h3-5,8,10,17H,6-7,9H2,1-2H3,(H,15,18). The van der Waals surface area contributed by atoms with Gasteiger partial charge in [-0.3, -0.25) is 4.79 Å². The number of likely N-dealkylation sites (N-methyl/N-ethyl adjacent to an activating group) is 1. The molecular weight excluding hydrogens is 252 g/mol. The molecule has 0 bridgehead atoms. The molecule has 0 fully saturated rings. The van der Waals surface area contributed by atoms with Gasteiger partial charge in [0.1, 0.15) is 0 Å². The van der Waals surface area contributed by atoms with E-state index in [1.807, 2.05) is 18.9 Å². The molecule has 0 spiro atoms. The Morgan fingerprint density at radius 2 is 2.28 bits per heavy atom. The van der Waals surface area contributed by atoms with Crippen LogP contribution in [0.25, 0.3) is 0 Å². The quantitative estimate of drug-likeness (QED) is 0.831. The van der Waals surface area contributed by atoms with Gasteiger partial charge in [-0.25, -0.2) is 0 Å². The van der Waals surface area contributed by atoms with Crippen LogP contribution in [-0.4, -0.2) is 42.2 Å². The summed E-state index contributed by atoms with van der Waals surface area (Å²) in [5.41, 5.74) is 0.699. The highest BCUT2D eigenvalue weighted by atomic mass is 35.5. The minimum Gasteiger partial charge on any atom is -0.395 e. The fourth-order valence-electron chi connectivity index (χ4n) is 1.43. The second-order valence-corrected chi connectivity index (χ2v) is 4.76. The van der Waals surface area contributed by atoms with Gasteiger partial charge < -0.3 is 15.3 Å². The largest absolute Gasteiger partial charge is 0.395 e. The van der Waals surface area contributed by atoms with Crippen LogP contribution in [0.3, 0.4) is 0 Å². The lowest BCUT2D eigenvalue weighted by atomic mass is 10.2. The summed E-state index contributed by atoms with van der Waals surface area (Å²) in [6.45, 7) is 2.61. The van der Waals surface area contributed by atoms with Gasteiger partial charge in [0.25, 0.3) is 0 Å². The lowest BCUT2D eigenvalue weighted by Gasteiger charge is -2.22. The van der Waals surface area contributed by atoms with E-state index < -0.39 is 0 Å². The number of benzene rings is 1. The molecular formula is C13H19ClN2O2. The molecule has 0 aliphatic carbocycles. The fraction of sp³-hybridized carbons (Fsp3) is 0.462. The molecule has 1 aromatic carbocycles. The highest BCUT2D eigenvalue weighted by Gasteiger charge is 2.10. The average Bonchev–Trinajstić information content (AvgIpc) is 2.35. The Bertz CT molecular complexity index is 398. The maximum Gasteiger partial charge on any atom is 0.225 e. The average molecular weight is 271 g/mol. The van der Waals surface area contributed by atoms with Gasteiger partial charge in [-0.2, -0.15) is 0 Å². The third-order valence-corrected chi connectivity index (χ3v) is 3.05. The number of carbonyl (C=O) groups is 1. The van der Waals surface area contributed by atoms with Crippen LogP contribution in [0.5, 0.6) is 0 Å². The van der Waals surface area contributed by atoms with Gasteiger partial charge in [-0.1, -0.05) is 17.7 Å². The van der Waals surface area contributed by atoms with Crippen molar-refractivity contribution in [1.29, 1.82) is 0 Å². The zero-order chi connectivity index (χ0) is 13.5. The van der Waals surface area contributed by atoms with Gasteiger partial charge in [0.2, 0.25) is 5.91 Å². The van der Waals surface area contributed by atoms with E-state index in [0.717, 1.165) is 0 Å². The molecule has 0 radical (unpaired) electrons. The number of nitrogens with one attached hydrogen (secondary N) is 1. The molecule has 2 N–H and O–H groups in total. The summed E-state index contributed by atoms with van der Waals surface area (Å²) < 4.78 is 0. The molecule has 0 aliphatic heterocycles. The summed E-state index contributed by atoms with van der Waals surface area (Å²) in [5.74, 6) is -0.0609. The molecule has 0 saturated carbocycles. The predicted octanol–water partition coefficient (Wildman–Crippen LogP) is 1.98. The molecule has 0 heterocycles. The van der Waals surface area contributed by atoms with Crippen LogP contribution in [0.15, 0.2) is 24.3 Å². The van der Waals surface area contributed by atoms with Crippen molar-refractivity contribution in [2.24, 2.45) is 0 Å². The molecule has 18 heavy (non-hydrogen) atoms. The van der Waals surface area contributed by atoms with Gasteiger partial charge in [-0.05, 0) is 32.2 Å². The summed E-state index contributed by atoms with van der Waals surface area (Å²) in [7, 11) is 1.88. The lowest BCUT2D eigenvalue weighted by molar-refractivity contribution is -0.116. The molecule has 5 heteroatoms. The minimum absolute atomic E-state index is 0.0592. The zero-order valence-corrected chi connectivity index (χ0v) is 11.4. The van der Waals surface area contributed by atoms with Gasteiger partial charge in [-0.15, -0.1) is 0 Å². The Labute approximate surface area is 113 Å². The number of hydrogen-bond acceptors (Lipinski definition) is 3. The van der Waals surface area contributed by atoms with Crippen molar-refractivity contribution in [3.05, 3.63) is 29.3 Å². The van der Waals surface area contributed by atoms with E-state index in [1.165, 1.54) is 0 Å². The summed E-state index contributed by atoms with van der Waals surface area (Å²) in [6.07, 6.45) is 0.382. The predicted molar refractivity (Wildman–Crippen MR) is 73.9 cm³/mol. The Hall–Kier alpha value is -1.10. The van der Waals surface area contributed by atoms with E-state index in [9.17, 15) is 4.79 Å². The molecule has 1 aromatic rings. The van der Waals surface area contributed by atoms with Gasteiger partial charge >= 0.3 is 0 Å². The van der Waals surface area contributed by atoms with Crippen molar-refractivity contribution in [2.45, 2.75) is 19.4 Å². The van der Waals surface area contributed by atoms with E-state index in [0.29, 0.717) is 23.7 Å². The monoisotopic (exact) mass is 270 g/mol. The Morgan fingerprint density at radius 3 is 2.89 bits per heavy atom. The van der Waals surface area contributed by atoms with Crippen molar-refractivity contribution in [1.82, 2.24) is 4.90 Å². The Balaban J connectivity index is 2.38. The number of aliphatic hydroxyl groups is 1. The number of nitrogens with zero attached hydrogens (tertiary/aromatic N) is 1. The van der Waals surface area contributed by atoms with Gasteiger partial charge in [0.15, 0.2) is 0 Å². The zero-order valence-electron chi connectivity index (χ0n) is 10.7. The maximum atomic E-state index is 11.7. The molecule has 0 aromatic heterocycles. The number of rotatable bonds is 6. The van der Waals surface area contributed by atoms with E-state index in [-0.39, 0.29) is 18.6 Å². The number of amides is 1. The first-order chi connectivity index (χ1) is 8.52. The summed E-state index contributed by atoms with van der Waals surface area (Å²) in [6, 6.07) is 7.11. The van der Waals surface area contributed by atoms with Crippen molar-refractivity contribution >= 4 is 23.2 Å². The smallest absolute Gasteiger partial charge is 0.225 e. The van der Waals surface area contributed by atoms with Crippen LogP contribution in [0.4, 0.5) is 5.69 Å². The SMILES string of the molecule is CC(CO)N(C)CCC(=O)Nc1cccc(Cl)c1. The van der Waals surface area contributed by atoms with Crippen LogP contribution in [-0.2, 0) is 4.79 Å². The second kappa shape index (κ2) is 7.36. The third-order valence-electron chi connectivity index (χ3n) is 2.82. The maximum absolute atomic E-state index is 11.7. The van der Waals surface area contributed by atoms with Gasteiger partial charge in [0, 0.05) is 29.7 Å². The van der Waals surface area contributed by atoms with Crippen molar-refractivity contribution in [3.8, 4) is 0 Å². The van der Waals surface area contributed by atoms with E-state index in [1.54, 1.807) is 24.3 Å². The highest BCUT2D eigenvalue weighted by molar-refractivity contribution is 6.30. The first-order valence-electron chi connectivity index (χ1n) is 5.89. The number of carbonyl (C=O) groups excluding carboxylic acids is 1. The topological polar surface area (TPSA) is 52.6 Å². The summed E-state index contributed by atoms with van der Waals surface area (Å²) >= 11 is 5.83. The van der Waals surface area contributed by atoms with Crippen LogP contribution >= 0.6 is 11.6 Å². The molecule has 0 saturated heterocycles. The van der Waals surface area contributed by atoms with Crippen molar-refractivity contribution < 1.29 is 9.90 Å². The van der Waals surface area contributed by atoms with E-state index in [2.05, 4.69) is 5.32 Å². The highest BCUT2D eigenvalue weighted by Crippen LogP contribution is 2.15. The Morgan fingerprint density at radius 1 is 1.56 bits per heavy atom. The third kappa shape index (κ3) is 5.04. The molecule has 1 atom stereocenters. The van der Waals surface area contributed by atoms with E-state index in [4.69, 9.17) is 16.7 Å². The molecule has 1 amide bonds. The number of anilines is 1. The van der Waals surface area contributed by atoms with Crippen LogP contribution in [0.2, 0.25) is 5.02 Å². The van der Waals surface area contributed by atoms with Crippen molar-refractivity contribution in [3.63, 3.8) is 0 Å². The van der Waals surface area contributed by atoms with Crippen LogP contribution in [0, 0.1) is 0 Å². The Kier molecular flexibility index (Phi) is 6.12. The molecule has 100 valence electrons. The summed E-state index contributed by atoms with van der Waals surface area (Å²) in [4.78, 5) is 13.6. The van der Waals surface area contributed by atoms with Crippen molar-refractivity contribution in [2.75, 3.05) is 25.5 Å². The normalized spacial score (nSPS) is 12.5. The first kappa shape index (κ1) is 15.0. The fourth-order valence-corrected chi connectivity index (χ4v) is 1.62. The lowest BCUT2D eigenvalue weighted by Crippen LogP contribution is -2.34. The summed E-state index contributed by atoms with van der Waals surface area (Å²) in [5, 5.41) is 12.4. The minimum atomic E-state index is -0.0609. The van der Waals surface area contributed by atoms with E-state index >= 15 is 0 Å². The number of aliphatic hydroxyl groups excluding tert-OH is 1. The molecule has 1 unspecified atom stereocenters.